The Bertz CT molecular complexity index is 1260. The second kappa shape index (κ2) is 10.4. The lowest BCUT2D eigenvalue weighted by molar-refractivity contribution is -0.0419. The predicted octanol–water partition coefficient (Wildman–Crippen LogP) is 7.94. The van der Waals surface area contributed by atoms with Crippen LogP contribution in [0.3, 0.4) is 0 Å². The van der Waals surface area contributed by atoms with Gasteiger partial charge in [-0.2, -0.15) is 0 Å². The van der Waals surface area contributed by atoms with Crippen molar-refractivity contribution in [1.82, 2.24) is 0 Å². The van der Waals surface area contributed by atoms with Crippen LogP contribution < -0.4 is 0 Å². The highest BCUT2D eigenvalue weighted by Gasteiger charge is 2.42. The van der Waals surface area contributed by atoms with E-state index >= 15 is 0 Å². The Labute approximate surface area is 232 Å². The molecule has 0 bridgehead atoms. The number of rotatable bonds is 10. The molecule has 0 saturated carbocycles. The van der Waals surface area contributed by atoms with E-state index in [0.717, 1.165) is 24.3 Å². The monoisotopic (exact) mass is 518 g/mol. The normalized spacial score (nSPS) is 20.3. The zero-order chi connectivity index (χ0) is 27.0. The zero-order valence-corrected chi connectivity index (χ0v) is 23.3. The van der Waals surface area contributed by atoms with Crippen molar-refractivity contribution in [3.63, 3.8) is 0 Å². The summed E-state index contributed by atoms with van der Waals surface area (Å²) in [6.45, 7) is 10.6. The quantitative estimate of drug-likeness (QED) is 0.200. The molecule has 0 radical (unpaired) electrons. The molecular weight excluding hydrogens is 480 g/mol. The standard InChI is InChI=1S/C36H38O3/c1-35(2,27-11-7-5-8-12-27)29-19-15-25(16-20-29)33(31-23-37-31)39-34(32-24-38-32)26-17-21-30(22-18-26)36(3,4)28-13-9-6-10-14-28/h5-22,31-34H,23-24H2,1-4H3. The fourth-order valence-corrected chi connectivity index (χ4v) is 5.60. The highest BCUT2D eigenvalue weighted by atomic mass is 16.6. The highest BCUT2D eigenvalue weighted by molar-refractivity contribution is 5.41. The topological polar surface area (TPSA) is 34.3 Å². The maximum Gasteiger partial charge on any atom is 0.112 e. The summed E-state index contributed by atoms with van der Waals surface area (Å²) < 4.78 is 18.4. The molecule has 4 unspecified atom stereocenters. The highest BCUT2D eigenvalue weighted by Crippen LogP contribution is 2.42. The van der Waals surface area contributed by atoms with Gasteiger partial charge in [0.05, 0.1) is 13.2 Å². The van der Waals surface area contributed by atoms with Gasteiger partial charge in [0.25, 0.3) is 0 Å². The number of hydrogen-bond acceptors (Lipinski definition) is 3. The van der Waals surface area contributed by atoms with Crippen LogP contribution in [-0.2, 0) is 25.0 Å². The Morgan fingerprint density at radius 2 is 0.821 bits per heavy atom. The molecule has 2 aliphatic rings. The average Bonchev–Trinajstić information content (AvgIpc) is 3.90. The molecule has 3 nitrogen and oxygen atoms in total. The maximum atomic E-state index is 6.84. The van der Waals surface area contributed by atoms with Crippen molar-refractivity contribution in [2.45, 2.75) is 62.9 Å². The van der Waals surface area contributed by atoms with Crippen LogP contribution in [0.5, 0.6) is 0 Å². The third kappa shape index (κ3) is 5.45. The van der Waals surface area contributed by atoms with Crippen molar-refractivity contribution in [3.05, 3.63) is 143 Å². The minimum Gasteiger partial charge on any atom is -0.370 e. The molecule has 2 aliphatic heterocycles. The molecule has 2 saturated heterocycles. The van der Waals surface area contributed by atoms with Crippen molar-refractivity contribution in [2.24, 2.45) is 0 Å². The van der Waals surface area contributed by atoms with E-state index in [-0.39, 0.29) is 35.2 Å². The molecule has 4 atom stereocenters. The van der Waals surface area contributed by atoms with E-state index in [1.807, 2.05) is 0 Å². The zero-order valence-electron chi connectivity index (χ0n) is 23.3. The number of hydrogen-bond donors (Lipinski definition) is 0. The first-order valence-electron chi connectivity index (χ1n) is 14.0. The van der Waals surface area contributed by atoms with Gasteiger partial charge >= 0.3 is 0 Å². The molecule has 0 N–H and O–H groups in total. The summed E-state index contributed by atoms with van der Waals surface area (Å²) in [7, 11) is 0. The molecule has 200 valence electrons. The number of ether oxygens (including phenoxy) is 3. The molecule has 4 aromatic rings. The SMILES string of the molecule is CC(C)(c1ccccc1)c1ccc(C(OC(c2ccc(C(C)(C)c3ccccc3)cc2)C2CO2)C2CO2)cc1. The fraction of sp³-hybridized carbons (Fsp3) is 0.333. The van der Waals surface area contributed by atoms with Gasteiger partial charge in [-0.25, -0.2) is 0 Å². The van der Waals surface area contributed by atoms with Crippen LogP contribution in [0.15, 0.2) is 109 Å². The molecule has 0 spiro atoms. The maximum absolute atomic E-state index is 6.84. The molecule has 0 amide bonds. The minimum absolute atomic E-state index is 0.0775. The van der Waals surface area contributed by atoms with E-state index < -0.39 is 0 Å². The van der Waals surface area contributed by atoms with E-state index in [1.165, 1.54) is 22.3 Å². The smallest absolute Gasteiger partial charge is 0.112 e. The lowest BCUT2D eigenvalue weighted by atomic mass is 9.78. The third-order valence-corrected chi connectivity index (χ3v) is 8.60. The molecule has 4 aromatic carbocycles. The Morgan fingerprint density at radius 1 is 0.513 bits per heavy atom. The van der Waals surface area contributed by atoms with E-state index in [4.69, 9.17) is 14.2 Å². The Balaban J connectivity index is 1.23. The van der Waals surface area contributed by atoms with Crippen LogP contribution in [0, 0.1) is 0 Å². The van der Waals surface area contributed by atoms with Crippen molar-refractivity contribution >= 4 is 0 Å². The van der Waals surface area contributed by atoms with Gasteiger partial charge in [0.2, 0.25) is 0 Å². The summed E-state index contributed by atoms with van der Waals surface area (Å²) in [6.07, 6.45) is -0.104. The first-order chi connectivity index (χ1) is 18.8. The Morgan fingerprint density at radius 3 is 1.13 bits per heavy atom. The van der Waals surface area contributed by atoms with E-state index in [1.54, 1.807) is 0 Å². The first-order valence-corrected chi connectivity index (χ1v) is 14.0. The van der Waals surface area contributed by atoms with Crippen molar-refractivity contribution in [1.29, 1.82) is 0 Å². The molecular formula is C36H38O3. The molecule has 3 heteroatoms. The van der Waals surface area contributed by atoms with Crippen LogP contribution in [0.4, 0.5) is 0 Å². The molecule has 0 aliphatic carbocycles. The minimum atomic E-state index is -0.131. The van der Waals surface area contributed by atoms with Crippen LogP contribution >= 0.6 is 0 Å². The first kappa shape index (κ1) is 26.0. The lowest BCUT2D eigenvalue weighted by Crippen LogP contribution is -2.21. The van der Waals surface area contributed by atoms with Crippen LogP contribution in [0.25, 0.3) is 0 Å². The van der Waals surface area contributed by atoms with E-state index in [0.29, 0.717) is 0 Å². The Kier molecular flexibility index (Phi) is 6.93. The van der Waals surface area contributed by atoms with E-state index in [2.05, 4.69) is 137 Å². The largest absolute Gasteiger partial charge is 0.370 e. The van der Waals surface area contributed by atoms with Crippen LogP contribution in [0.1, 0.15) is 73.3 Å². The molecule has 0 aromatic heterocycles. The summed E-state index contributed by atoms with van der Waals surface area (Å²) in [4.78, 5) is 0. The number of benzene rings is 4. The van der Waals surface area contributed by atoms with Gasteiger partial charge in [-0.05, 0) is 33.4 Å². The van der Waals surface area contributed by atoms with Crippen molar-refractivity contribution < 1.29 is 14.2 Å². The van der Waals surface area contributed by atoms with Crippen molar-refractivity contribution in [3.8, 4) is 0 Å². The third-order valence-electron chi connectivity index (χ3n) is 8.60. The van der Waals surface area contributed by atoms with Gasteiger partial charge in [-0.3, -0.25) is 0 Å². The number of epoxide rings is 2. The predicted molar refractivity (Wildman–Crippen MR) is 156 cm³/mol. The van der Waals surface area contributed by atoms with Gasteiger partial charge in [0, 0.05) is 10.8 Å². The molecule has 2 fully saturated rings. The Hall–Kier alpha value is -3.24. The summed E-state index contributed by atoms with van der Waals surface area (Å²) in [5.41, 5.74) is 7.33. The molecule has 6 rings (SSSR count). The van der Waals surface area contributed by atoms with Gasteiger partial charge in [-0.1, -0.05) is 137 Å². The van der Waals surface area contributed by atoms with Gasteiger partial charge in [-0.15, -0.1) is 0 Å². The second-order valence-electron chi connectivity index (χ2n) is 11.9. The summed E-state index contributed by atoms with van der Waals surface area (Å²) >= 11 is 0. The average molecular weight is 519 g/mol. The van der Waals surface area contributed by atoms with Crippen LogP contribution in [-0.4, -0.2) is 25.4 Å². The summed E-state index contributed by atoms with van der Waals surface area (Å²) in [6, 6.07) is 39.2. The molecule has 39 heavy (non-hydrogen) atoms. The summed E-state index contributed by atoms with van der Waals surface area (Å²) in [5, 5.41) is 0. The van der Waals surface area contributed by atoms with Gasteiger partial charge < -0.3 is 14.2 Å². The van der Waals surface area contributed by atoms with Crippen molar-refractivity contribution in [2.75, 3.05) is 13.2 Å². The lowest BCUT2D eigenvalue weighted by Gasteiger charge is -2.28. The molecule has 2 heterocycles. The van der Waals surface area contributed by atoms with Gasteiger partial charge in [0.1, 0.15) is 24.4 Å². The van der Waals surface area contributed by atoms with E-state index in [9.17, 15) is 0 Å². The summed E-state index contributed by atoms with van der Waals surface area (Å²) in [5.74, 6) is 0. The van der Waals surface area contributed by atoms with Crippen LogP contribution in [0.2, 0.25) is 0 Å². The van der Waals surface area contributed by atoms with Gasteiger partial charge in [0.15, 0.2) is 0 Å². The second-order valence-corrected chi connectivity index (χ2v) is 11.9. The fourth-order valence-electron chi connectivity index (χ4n) is 5.60.